The molecule has 2 unspecified atom stereocenters. The molecule has 2 aliphatic heterocycles. The molecule has 0 radical (unpaired) electrons. The molecular weight excluding hydrogens is 322 g/mol. The van der Waals surface area contributed by atoms with Crippen molar-refractivity contribution in [3.05, 3.63) is 23.7 Å². The third kappa shape index (κ3) is 2.35. The Balaban J connectivity index is 1.77. The lowest BCUT2D eigenvalue weighted by molar-refractivity contribution is -0.205. The molecule has 124 valence electrons. The van der Waals surface area contributed by atoms with Crippen molar-refractivity contribution in [2.45, 2.75) is 57.2 Å². The minimum atomic E-state index is -0.722. The SMILES string of the molecule is CC(O)C1O[C@@H](n2ccc3c(Cl)ncnc32)[C@@H]2OC(C)(C)O[C@H]12. The molecule has 1 N–H and O–H groups in total. The zero-order valence-electron chi connectivity index (χ0n) is 13.0. The highest BCUT2D eigenvalue weighted by atomic mass is 35.5. The second-order valence-corrected chi connectivity index (χ2v) is 6.78. The summed E-state index contributed by atoms with van der Waals surface area (Å²) in [6.07, 6.45) is 0.969. The van der Waals surface area contributed by atoms with E-state index in [-0.39, 0.29) is 12.2 Å². The summed E-state index contributed by atoms with van der Waals surface area (Å²) in [5.74, 6) is -0.722. The topological polar surface area (TPSA) is 78.6 Å². The van der Waals surface area contributed by atoms with Gasteiger partial charge in [0.2, 0.25) is 0 Å². The van der Waals surface area contributed by atoms with Crippen molar-refractivity contribution in [2.24, 2.45) is 0 Å². The number of ether oxygens (including phenoxy) is 3. The lowest BCUT2D eigenvalue weighted by Gasteiger charge is -2.25. The molecule has 0 spiro atoms. The van der Waals surface area contributed by atoms with Crippen molar-refractivity contribution in [2.75, 3.05) is 0 Å². The van der Waals surface area contributed by atoms with Crippen LogP contribution in [0.5, 0.6) is 0 Å². The summed E-state index contributed by atoms with van der Waals surface area (Å²) >= 11 is 6.11. The van der Waals surface area contributed by atoms with Gasteiger partial charge < -0.3 is 23.9 Å². The molecule has 7 nitrogen and oxygen atoms in total. The lowest BCUT2D eigenvalue weighted by Crippen LogP contribution is -2.36. The highest BCUT2D eigenvalue weighted by Crippen LogP contribution is 2.44. The fourth-order valence-electron chi connectivity index (χ4n) is 3.37. The van der Waals surface area contributed by atoms with E-state index < -0.39 is 24.2 Å². The van der Waals surface area contributed by atoms with E-state index in [0.717, 1.165) is 5.39 Å². The van der Waals surface area contributed by atoms with Gasteiger partial charge in [0.05, 0.1) is 11.5 Å². The lowest BCUT2D eigenvalue weighted by atomic mass is 10.1. The number of hydrogen-bond acceptors (Lipinski definition) is 6. The average Bonchev–Trinajstić information content (AvgIpc) is 3.09. The van der Waals surface area contributed by atoms with Crippen LogP contribution in [-0.4, -0.2) is 49.8 Å². The Morgan fingerprint density at radius 2 is 2.04 bits per heavy atom. The first-order valence-electron chi connectivity index (χ1n) is 7.53. The first-order valence-corrected chi connectivity index (χ1v) is 7.91. The largest absolute Gasteiger partial charge is 0.391 e. The number of hydrogen-bond donors (Lipinski definition) is 1. The van der Waals surface area contributed by atoms with E-state index in [2.05, 4.69) is 9.97 Å². The molecule has 23 heavy (non-hydrogen) atoms. The predicted octanol–water partition coefficient (Wildman–Crippen LogP) is 1.88. The van der Waals surface area contributed by atoms with Gasteiger partial charge in [-0.05, 0) is 26.8 Å². The zero-order chi connectivity index (χ0) is 16.4. The number of aliphatic hydroxyl groups is 1. The van der Waals surface area contributed by atoms with Gasteiger partial charge in [-0.3, -0.25) is 0 Å². The van der Waals surface area contributed by atoms with Gasteiger partial charge in [-0.25, -0.2) is 9.97 Å². The summed E-state index contributed by atoms with van der Waals surface area (Å²) < 4.78 is 19.8. The molecule has 4 rings (SSSR count). The second-order valence-electron chi connectivity index (χ2n) is 6.42. The van der Waals surface area contributed by atoms with Gasteiger partial charge in [0, 0.05) is 6.20 Å². The molecule has 0 saturated carbocycles. The van der Waals surface area contributed by atoms with Crippen LogP contribution in [-0.2, 0) is 14.2 Å². The fraction of sp³-hybridized carbons (Fsp3) is 0.600. The van der Waals surface area contributed by atoms with Crippen molar-refractivity contribution >= 4 is 22.6 Å². The maximum absolute atomic E-state index is 10.0. The highest BCUT2D eigenvalue weighted by molar-refractivity contribution is 6.33. The molecular formula is C15H18ClN3O4. The van der Waals surface area contributed by atoms with E-state index in [1.807, 2.05) is 30.7 Å². The first kappa shape index (κ1) is 15.3. The van der Waals surface area contributed by atoms with Gasteiger partial charge in [-0.2, -0.15) is 0 Å². The van der Waals surface area contributed by atoms with Gasteiger partial charge in [-0.15, -0.1) is 0 Å². The molecule has 2 aliphatic rings. The molecule has 2 aromatic rings. The van der Waals surface area contributed by atoms with Gasteiger partial charge >= 0.3 is 0 Å². The van der Waals surface area contributed by atoms with Crippen molar-refractivity contribution in [1.29, 1.82) is 0 Å². The van der Waals surface area contributed by atoms with Crippen LogP contribution >= 0.6 is 11.6 Å². The number of aliphatic hydroxyl groups excluding tert-OH is 1. The minimum absolute atomic E-state index is 0.339. The van der Waals surface area contributed by atoms with E-state index in [4.69, 9.17) is 25.8 Å². The number of aromatic nitrogens is 3. The van der Waals surface area contributed by atoms with Crippen molar-refractivity contribution in [1.82, 2.24) is 14.5 Å². The number of fused-ring (bicyclic) bond motifs is 2. The standard InChI is InChI=1S/C15H18ClN3O4/c1-7(20)9-10-11(23-15(2,3)22-10)14(21-9)19-5-4-8-12(16)17-6-18-13(8)19/h4-7,9-11,14,20H,1-3H3/t7?,9?,10-,11-,14-/m1/s1. The van der Waals surface area contributed by atoms with Crippen molar-refractivity contribution in [3.63, 3.8) is 0 Å². The maximum atomic E-state index is 10.0. The molecule has 0 bridgehead atoms. The van der Waals surface area contributed by atoms with Crippen LogP contribution in [0.2, 0.25) is 5.15 Å². The Hall–Kier alpha value is -1.25. The monoisotopic (exact) mass is 339 g/mol. The van der Waals surface area contributed by atoms with Crippen molar-refractivity contribution < 1.29 is 19.3 Å². The highest BCUT2D eigenvalue weighted by Gasteiger charge is 2.57. The third-order valence-corrected chi connectivity index (χ3v) is 4.58. The van der Waals surface area contributed by atoms with Gasteiger partial charge in [-0.1, -0.05) is 11.6 Å². The summed E-state index contributed by atoms with van der Waals surface area (Å²) in [6.45, 7) is 5.40. The van der Waals surface area contributed by atoms with Crippen LogP contribution < -0.4 is 0 Å². The van der Waals surface area contributed by atoms with Gasteiger partial charge in [0.1, 0.15) is 35.4 Å². The molecule has 0 aliphatic carbocycles. The summed E-state index contributed by atoms with van der Waals surface area (Å²) in [4.78, 5) is 8.28. The Morgan fingerprint density at radius 3 is 2.78 bits per heavy atom. The normalized spacial score (nSPS) is 34.0. The molecule has 5 atom stereocenters. The van der Waals surface area contributed by atoms with E-state index in [9.17, 15) is 5.11 Å². The Labute approximate surface area is 138 Å². The quantitative estimate of drug-likeness (QED) is 0.842. The van der Waals surface area contributed by atoms with Gasteiger partial charge in [0.25, 0.3) is 0 Å². The molecule has 4 heterocycles. The second kappa shape index (κ2) is 5.12. The van der Waals surface area contributed by atoms with Crippen LogP contribution in [0.1, 0.15) is 27.0 Å². The third-order valence-electron chi connectivity index (χ3n) is 4.28. The summed E-state index contributed by atoms with van der Waals surface area (Å²) in [5.41, 5.74) is 0.660. The summed E-state index contributed by atoms with van der Waals surface area (Å²) in [6, 6.07) is 1.84. The summed E-state index contributed by atoms with van der Waals surface area (Å²) in [5, 5.41) is 11.2. The first-order chi connectivity index (χ1) is 10.9. The Kier molecular flexibility index (Phi) is 3.40. The van der Waals surface area contributed by atoms with Crippen LogP contribution in [0.4, 0.5) is 0 Å². The number of rotatable bonds is 2. The molecule has 2 saturated heterocycles. The number of halogens is 1. The molecule has 2 fully saturated rings. The molecule has 0 amide bonds. The molecule has 0 aromatic carbocycles. The number of nitrogens with zero attached hydrogens (tertiary/aromatic N) is 3. The Morgan fingerprint density at radius 1 is 1.30 bits per heavy atom. The van der Waals surface area contributed by atoms with E-state index >= 15 is 0 Å². The minimum Gasteiger partial charge on any atom is -0.391 e. The average molecular weight is 340 g/mol. The van der Waals surface area contributed by atoms with Crippen molar-refractivity contribution in [3.8, 4) is 0 Å². The van der Waals surface area contributed by atoms with Crippen LogP contribution in [0.25, 0.3) is 11.0 Å². The van der Waals surface area contributed by atoms with E-state index in [1.54, 1.807) is 6.92 Å². The smallest absolute Gasteiger partial charge is 0.164 e. The Bertz CT molecular complexity index is 747. The summed E-state index contributed by atoms with van der Waals surface area (Å²) in [7, 11) is 0. The molecule has 8 heteroatoms. The maximum Gasteiger partial charge on any atom is 0.164 e. The van der Waals surface area contributed by atoms with Crippen LogP contribution in [0, 0.1) is 0 Å². The molecule has 2 aromatic heterocycles. The fourth-order valence-corrected chi connectivity index (χ4v) is 3.56. The van der Waals surface area contributed by atoms with Gasteiger partial charge in [0.15, 0.2) is 12.0 Å². The van der Waals surface area contributed by atoms with Crippen LogP contribution in [0.15, 0.2) is 18.6 Å². The van der Waals surface area contributed by atoms with E-state index in [1.165, 1.54) is 6.33 Å². The predicted molar refractivity (Wildman–Crippen MR) is 82.0 cm³/mol. The van der Waals surface area contributed by atoms with E-state index in [0.29, 0.717) is 10.8 Å². The zero-order valence-corrected chi connectivity index (χ0v) is 13.8. The van der Waals surface area contributed by atoms with Crippen LogP contribution in [0.3, 0.4) is 0 Å².